The molecule has 1 aromatic heterocycles. The molecule has 0 saturated heterocycles. The lowest BCUT2D eigenvalue weighted by Gasteiger charge is -2.27. The Morgan fingerprint density at radius 3 is 1.95 bits per heavy atom. The van der Waals surface area contributed by atoms with Crippen LogP contribution in [-0.4, -0.2) is 4.98 Å². The van der Waals surface area contributed by atoms with Gasteiger partial charge in [0.2, 0.25) is 0 Å². The molecule has 0 amide bonds. The minimum atomic E-state index is 0.312. The average molecular weight is 296 g/mol. The van der Waals surface area contributed by atoms with Crippen LogP contribution in [0.1, 0.15) is 94.1 Å². The maximum atomic E-state index is 4.88. The van der Waals surface area contributed by atoms with Crippen LogP contribution in [-0.2, 0) is 5.41 Å². The lowest BCUT2D eigenvalue weighted by molar-refractivity contribution is 0.364. The molecule has 0 radical (unpaired) electrons. The van der Waals surface area contributed by atoms with E-state index in [1.807, 2.05) is 11.3 Å². The maximum Gasteiger partial charge on any atom is 0.0989 e. The van der Waals surface area contributed by atoms with Crippen molar-refractivity contribution < 1.29 is 0 Å². The highest BCUT2D eigenvalue weighted by molar-refractivity contribution is 7.11. The highest BCUT2D eigenvalue weighted by Gasteiger charge is 2.29. The first-order chi connectivity index (χ1) is 9.53. The largest absolute Gasteiger partial charge is 0.246 e. The van der Waals surface area contributed by atoms with E-state index >= 15 is 0 Å². The van der Waals surface area contributed by atoms with Crippen LogP contribution in [0.4, 0.5) is 0 Å². The van der Waals surface area contributed by atoms with E-state index in [1.165, 1.54) is 73.4 Å². The van der Waals surface area contributed by atoms with Gasteiger partial charge in [-0.1, -0.05) is 65.7 Å². The van der Waals surface area contributed by atoms with Crippen molar-refractivity contribution in [3.8, 4) is 0 Å². The summed E-state index contributed by atoms with van der Waals surface area (Å²) in [6.45, 7) is 11.4. The Hall–Kier alpha value is -0.370. The summed E-state index contributed by atoms with van der Waals surface area (Å²) in [6.07, 6.45) is 12.1. The standard InChI is InChI=1S/C18H33NS/c1-6-8-10-12-14-18(5,13-11-9-7-2)17-19-15(3)16(4)20-17/h6-14H2,1-5H3. The predicted octanol–water partition coefficient (Wildman–Crippen LogP) is 6.57. The van der Waals surface area contributed by atoms with Crippen LogP contribution in [0.25, 0.3) is 0 Å². The molecule has 0 aliphatic rings. The molecule has 0 aliphatic heterocycles. The summed E-state index contributed by atoms with van der Waals surface area (Å²) in [6, 6.07) is 0. The highest BCUT2D eigenvalue weighted by atomic mass is 32.1. The normalized spacial score (nSPS) is 14.4. The summed E-state index contributed by atoms with van der Waals surface area (Å²) >= 11 is 1.93. The number of hydrogen-bond donors (Lipinski definition) is 0. The summed E-state index contributed by atoms with van der Waals surface area (Å²) in [5.41, 5.74) is 1.55. The molecule has 116 valence electrons. The van der Waals surface area contributed by atoms with Gasteiger partial charge in [-0.3, -0.25) is 0 Å². The van der Waals surface area contributed by atoms with E-state index in [0.29, 0.717) is 5.41 Å². The van der Waals surface area contributed by atoms with Crippen LogP contribution in [0.3, 0.4) is 0 Å². The van der Waals surface area contributed by atoms with Crippen molar-refractivity contribution in [3.63, 3.8) is 0 Å². The molecule has 2 heteroatoms. The first-order valence-electron chi connectivity index (χ1n) is 8.48. The number of hydrogen-bond acceptors (Lipinski definition) is 2. The summed E-state index contributed by atoms with van der Waals surface area (Å²) < 4.78 is 0. The van der Waals surface area contributed by atoms with Crippen LogP contribution in [0.15, 0.2) is 0 Å². The van der Waals surface area contributed by atoms with Crippen molar-refractivity contribution in [1.29, 1.82) is 0 Å². The fourth-order valence-corrected chi connectivity index (χ4v) is 3.89. The third-order valence-electron chi connectivity index (χ3n) is 4.46. The third-order valence-corrected chi connectivity index (χ3v) is 5.84. The second-order valence-corrected chi connectivity index (χ2v) is 7.69. The molecule has 1 atom stereocenters. The molecule has 20 heavy (non-hydrogen) atoms. The van der Waals surface area contributed by atoms with Gasteiger partial charge in [0.1, 0.15) is 0 Å². The number of rotatable bonds is 10. The molecule has 1 nitrogen and oxygen atoms in total. The molecule has 0 aromatic carbocycles. The summed E-state index contributed by atoms with van der Waals surface area (Å²) in [4.78, 5) is 6.28. The van der Waals surface area contributed by atoms with E-state index in [2.05, 4.69) is 34.6 Å². The minimum Gasteiger partial charge on any atom is -0.246 e. The smallest absolute Gasteiger partial charge is 0.0989 e. The molecule has 1 rings (SSSR count). The minimum absolute atomic E-state index is 0.312. The van der Waals surface area contributed by atoms with Crippen LogP contribution < -0.4 is 0 Å². The predicted molar refractivity (Wildman–Crippen MR) is 91.8 cm³/mol. The molecule has 0 fully saturated rings. The van der Waals surface area contributed by atoms with Gasteiger partial charge in [-0.05, 0) is 26.7 Å². The second-order valence-electron chi connectivity index (χ2n) is 6.49. The monoisotopic (exact) mass is 295 g/mol. The van der Waals surface area contributed by atoms with Crippen molar-refractivity contribution in [3.05, 3.63) is 15.6 Å². The van der Waals surface area contributed by atoms with Crippen molar-refractivity contribution in [2.24, 2.45) is 0 Å². The zero-order chi connectivity index (χ0) is 15.0. The highest BCUT2D eigenvalue weighted by Crippen LogP contribution is 2.38. The lowest BCUT2D eigenvalue weighted by atomic mass is 9.80. The van der Waals surface area contributed by atoms with Crippen LogP contribution in [0.5, 0.6) is 0 Å². The van der Waals surface area contributed by atoms with Gasteiger partial charge in [-0.25, -0.2) is 4.98 Å². The van der Waals surface area contributed by atoms with Gasteiger partial charge in [0.05, 0.1) is 10.7 Å². The molecule has 1 heterocycles. The Morgan fingerprint density at radius 1 is 0.900 bits per heavy atom. The Balaban J connectivity index is 2.71. The Morgan fingerprint density at radius 2 is 1.45 bits per heavy atom. The van der Waals surface area contributed by atoms with Crippen molar-refractivity contribution in [2.75, 3.05) is 0 Å². The number of unbranched alkanes of at least 4 members (excludes halogenated alkanes) is 5. The maximum absolute atomic E-state index is 4.88. The SMILES string of the molecule is CCCCCCC(C)(CCCCC)c1nc(C)c(C)s1. The van der Waals surface area contributed by atoms with Crippen LogP contribution >= 0.6 is 11.3 Å². The first-order valence-corrected chi connectivity index (χ1v) is 9.29. The number of aromatic nitrogens is 1. The van der Waals surface area contributed by atoms with E-state index in [9.17, 15) is 0 Å². The van der Waals surface area contributed by atoms with Gasteiger partial charge >= 0.3 is 0 Å². The van der Waals surface area contributed by atoms with E-state index in [1.54, 1.807) is 0 Å². The number of nitrogens with zero attached hydrogens (tertiary/aromatic N) is 1. The molecule has 0 saturated carbocycles. The zero-order valence-electron chi connectivity index (χ0n) is 14.2. The second kappa shape index (κ2) is 8.81. The molecule has 1 unspecified atom stereocenters. The number of aryl methyl sites for hydroxylation is 2. The van der Waals surface area contributed by atoms with E-state index < -0.39 is 0 Å². The Bertz CT molecular complexity index is 363. The van der Waals surface area contributed by atoms with Gasteiger partial charge in [-0.15, -0.1) is 11.3 Å². The molecular weight excluding hydrogens is 262 g/mol. The molecule has 0 bridgehead atoms. The zero-order valence-corrected chi connectivity index (χ0v) is 15.0. The average Bonchev–Trinajstić information content (AvgIpc) is 2.76. The van der Waals surface area contributed by atoms with Gasteiger partial charge < -0.3 is 0 Å². The molecule has 1 aromatic rings. The van der Waals surface area contributed by atoms with Crippen molar-refractivity contribution in [2.45, 2.75) is 97.8 Å². The third kappa shape index (κ3) is 5.20. The Kier molecular flexibility index (Phi) is 7.79. The fourth-order valence-electron chi connectivity index (χ4n) is 2.78. The van der Waals surface area contributed by atoms with E-state index in [4.69, 9.17) is 4.98 Å². The quantitative estimate of drug-likeness (QED) is 0.445. The molecule has 0 aliphatic carbocycles. The van der Waals surface area contributed by atoms with Crippen molar-refractivity contribution >= 4 is 11.3 Å². The number of thiazole rings is 1. The van der Waals surface area contributed by atoms with Gasteiger partial charge in [-0.2, -0.15) is 0 Å². The fraction of sp³-hybridized carbons (Fsp3) is 0.833. The van der Waals surface area contributed by atoms with Crippen molar-refractivity contribution in [1.82, 2.24) is 4.98 Å². The van der Waals surface area contributed by atoms with Gasteiger partial charge in [0.15, 0.2) is 0 Å². The molecule has 0 N–H and O–H groups in total. The van der Waals surface area contributed by atoms with Gasteiger partial charge in [0, 0.05) is 10.3 Å². The molecular formula is C18H33NS. The topological polar surface area (TPSA) is 12.9 Å². The first kappa shape index (κ1) is 17.7. The summed E-state index contributed by atoms with van der Waals surface area (Å²) in [5, 5.41) is 1.39. The van der Waals surface area contributed by atoms with E-state index in [-0.39, 0.29) is 0 Å². The summed E-state index contributed by atoms with van der Waals surface area (Å²) in [5.74, 6) is 0. The van der Waals surface area contributed by atoms with E-state index in [0.717, 1.165) is 0 Å². The Labute approximate surface area is 130 Å². The lowest BCUT2D eigenvalue weighted by Crippen LogP contribution is -2.22. The van der Waals surface area contributed by atoms with Crippen LogP contribution in [0, 0.1) is 13.8 Å². The summed E-state index contributed by atoms with van der Waals surface area (Å²) in [7, 11) is 0. The van der Waals surface area contributed by atoms with Crippen LogP contribution in [0.2, 0.25) is 0 Å². The molecule has 0 spiro atoms. The van der Waals surface area contributed by atoms with Gasteiger partial charge in [0.25, 0.3) is 0 Å².